The molecule has 5 nitrogen and oxygen atoms in total. The SMILES string of the molecule is COc1ccccc1OC(=O)N[C@@H]1c2ccccc2O[C@@H]2CCCC[C@@H]12. The van der Waals surface area contributed by atoms with E-state index in [0.717, 1.165) is 30.6 Å². The first kappa shape index (κ1) is 16.8. The number of fused-ring (bicyclic) bond motifs is 2. The van der Waals surface area contributed by atoms with E-state index in [4.69, 9.17) is 14.2 Å². The van der Waals surface area contributed by atoms with Crippen molar-refractivity contribution in [1.82, 2.24) is 5.32 Å². The van der Waals surface area contributed by atoms with Gasteiger partial charge >= 0.3 is 6.09 Å². The molecule has 3 atom stereocenters. The molecule has 0 unspecified atom stereocenters. The molecular weight excluding hydrogens is 330 g/mol. The molecule has 0 aromatic heterocycles. The van der Waals surface area contributed by atoms with E-state index in [-0.39, 0.29) is 18.1 Å². The highest BCUT2D eigenvalue weighted by Gasteiger charge is 2.40. The Bertz CT molecular complexity index is 791. The molecule has 2 aromatic rings. The molecule has 4 rings (SSSR count). The lowest BCUT2D eigenvalue weighted by Crippen LogP contribution is -2.46. The standard InChI is InChI=1S/C21H23NO4/c1-24-18-12-6-7-13-19(18)26-21(23)22-20-14-8-2-4-10-16(14)25-17-11-5-3-9-15(17)20/h2,4,6-8,10,12-13,15,17,20H,3,5,9,11H2,1H3,(H,22,23)/t15-,17-,20-/m1/s1. The third kappa shape index (κ3) is 3.21. The maximum atomic E-state index is 12.6. The second-order valence-electron chi connectivity index (χ2n) is 6.80. The van der Waals surface area contributed by atoms with Crippen LogP contribution in [0.15, 0.2) is 48.5 Å². The average Bonchev–Trinajstić information content (AvgIpc) is 2.68. The molecule has 1 heterocycles. The van der Waals surface area contributed by atoms with Crippen LogP contribution in [0.4, 0.5) is 4.79 Å². The van der Waals surface area contributed by atoms with Crippen LogP contribution in [0.2, 0.25) is 0 Å². The van der Waals surface area contributed by atoms with Gasteiger partial charge < -0.3 is 19.5 Å². The Labute approximate surface area is 153 Å². The fourth-order valence-electron chi connectivity index (χ4n) is 4.04. The van der Waals surface area contributed by atoms with Gasteiger partial charge in [-0.25, -0.2) is 4.79 Å². The van der Waals surface area contributed by atoms with Crippen LogP contribution in [0.5, 0.6) is 17.2 Å². The van der Waals surface area contributed by atoms with Crippen molar-refractivity contribution >= 4 is 6.09 Å². The van der Waals surface area contributed by atoms with Gasteiger partial charge in [-0.05, 0) is 37.5 Å². The Morgan fingerprint density at radius 2 is 1.77 bits per heavy atom. The van der Waals surface area contributed by atoms with Gasteiger partial charge in [-0.1, -0.05) is 36.8 Å². The smallest absolute Gasteiger partial charge is 0.413 e. The summed E-state index contributed by atoms with van der Waals surface area (Å²) in [5.74, 6) is 2.07. The van der Waals surface area contributed by atoms with E-state index in [1.54, 1.807) is 19.2 Å². The molecule has 2 aliphatic rings. The fourth-order valence-corrected chi connectivity index (χ4v) is 4.04. The van der Waals surface area contributed by atoms with Crippen LogP contribution in [0.3, 0.4) is 0 Å². The third-order valence-electron chi connectivity index (χ3n) is 5.26. The van der Waals surface area contributed by atoms with Gasteiger partial charge in [0, 0.05) is 11.5 Å². The Hall–Kier alpha value is -2.69. The van der Waals surface area contributed by atoms with Crippen LogP contribution in [-0.4, -0.2) is 19.3 Å². The summed E-state index contributed by atoms with van der Waals surface area (Å²) in [6.45, 7) is 0. The van der Waals surface area contributed by atoms with Gasteiger partial charge in [-0.15, -0.1) is 0 Å². The largest absolute Gasteiger partial charge is 0.493 e. The number of nitrogens with one attached hydrogen (secondary N) is 1. The number of benzene rings is 2. The second kappa shape index (κ2) is 7.28. The molecule has 5 heteroatoms. The summed E-state index contributed by atoms with van der Waals surface area (Å²) in [7, 11) is 1.56. The van der Waals surface area contributed by atoms with E-state index in [9.17, 15) is 4.79 Å². The normalized spacial score (nSPS) is 23.8. The van der Waals surface area contributed by atoms with Crippen LogP contribution >= 0.6 is 0 Å². The summed E-state index contributed by atoms with van der Waals surface area (Å²) in [5.41, 5.74) is 1.02. The minimum absolute atomic E-state index is 0.104. The highest BCUT2D eigenvalue weighted by molar-refractivity contribution is 5.72. The Morgan fingerprint density at radius 1 is 1.04 bits per heavy atom. The number of ether oxygens (including phenoxy) is 3. The first-order chi connectivity index (χ1) is 12.8. The molecule has 1 aliphatic carbocycles. The maximum Gasteiger partial charge on any atom is 0.413 e. The first-order valence-electron chi connectivity index (χ1n) is 9.13. The number of hydrogen-bond acceptors (Lipinski definition) is 4. The zero-order valence-corrected chi connectivity index (χ0v) is 14.8. The van der Waals surface area contributed by atoms with Gasteiger partial charge in [0.15, 0.2) is 11.5 Å². The van der Waals surface area contributed by atoms with Crippen LogP contribution in [0.1, 0.15) is 37.3 Å². The van der Waals surface area contributed by atoms with Crippen molar-refractivity contribution < 1.29 is 19.0 Å². The quantitative estimate of drug-likeness (QED) is 0.884. The van der Waals surface area contributed by atoms with Gasteiger partial charge in [0.25, 0.3) is 0 Å². The third-order valence-corrected chi connectivity index (χ3v) is 5.26. The van der Waals surface area contributed by atoms with E-state index < -0.39 is 6.09 Å². The molecule has 1 saturated carbocycles. The van der Waals surface area contributed by atoms with E-state index in [1.807, 2.05) is 36.4 Å². The Morgan fingerprint density at radius 3 is 2.62 bits per heavy atom. The zero-order chi connectivity index (χ0) is 17.9. The first-order valence-corrected chi connectivity index (χ1v) is 9.13. The molecular formula is C21H23NO4. The molecule has 1 fully saturated rings. The van der Waals surface area contributed by atoms with Gasteiger partial charge in [0.2, 0.25) is 0 Å². The van der Waals surface area contributed by atoms with Crippen molar-refractivity contribution in [3.8, 4) is 17.2 Å². The van der Waals surface area contributed by atoms with Gasteiger partial charge in [-0.2, -0.15) is 0 Å². The number of carbonyl (C=O) groups excluding carboxylic acids is 1. The second-order valence-corrected chi connectivity index (χ2v) is 6.80. The van der Waals surface area contributed by atoms with E-state index in [0.29, 0.717) is 11.5 Å². The molecule has 136 valence electrons. The number of hydrogen-bond donors (Lipinski definition) is 1. The van der Waals surface area contributed by atoms with E-state index >= 15 is 0 Å². The predicted octanol–water partition coefficient (Wildman–Crippen LogP) is 4.48. The Balaban J connectivity index is 1.56. The van der Waals surface area contributed by atoms with Crippen molar-refractivity contribution in [3.63, 3.8) is 0 Å². The lowest BCUT2D eigenvalue weighted by Gasteiger charge is -2.42. The topological polar surface area (TPSA) is 56.8 Å². The molecule has 1 N–H and O–H groups in total. The van der Waals surface area contributed by atoms with Gasteiger partial charge in [0.05, 0.1) is 13.2 Å². The monoisotopic (exact) mass is 353 g/mol. The molecule has 0 saturated heterocycles. The summed E-state index contributed by atoms with van der Waals surface area (Å²) in [6, 6.07) is 15.0. The minimum atomic E-state index is -0.472. The van der Waals surface area contributed by atoms with Crippen molar-refractivity contribution in [1.29, 1.82) is 0 Å². The molecule has 1 amide bonds. The molecule has 0 radical (unpaired) electrons. The molecule has 0 spiro atoms. The van der Waals surface area contributed by atoms with Crippen LogP contribution in [0, 0.1) is 5.92 Å². The number of amides is 1. The van der Waals surface area contributed by atoms with E-state index in [2.05, 4.69) is 5.32 Å². The number of methoxy groups -OCH3 is 1. The zero-order valence-electron chi connectivity index (χ0n) is 14.8. The lowest BCUT2D eigenvalue weighted by atomic mass is 9.77. The minimum Gasteiger partial charge on any atom is -0.493 e. The average molecular weight is 353 g/mol. The van der Waals surface area contributed by atoms with Crippen LogP contribution in [0.25, 0.3) is 0 Å². The number of para-hydroxylation sites is 3. The number of rotatable bonds is 3. The summed E-state index contributed by atoms with van der Waals surface area (Å²) in [6.07, 6.45) is 4.07. The van der Waals surface area contributed by atoms with Crippen LogP contribution < -0.4 is 19.5 Å². The lowest BCUT2D eigenvalue weighted by molar-refractivity contribution is 0.0474. The summed E-state index contributed by atoms with van der Waals surface area (Å²) >= 11 is 0. The van der Waals surface area contributed by atoms with Crippen molar-refractivity contribution in [2.24, 2.45) is 5.92 Å². The van der Waals surface area contributed by atoms with Crippen molar-refractivity contribution in [2.45, 2.75) is 37.8 Å². The highest BCUT2D eigenvalue weighted by Crippen LogP contribution is 2.44. The van der Waals surface area contributed by atoms with E-state index in [1.165, 1.54) is 6.42 Å². The van der Waals surface area contributed by atoms with Crippen molar-refractivity contribution in [2.75, 3.05) is 7.11 Å². The molecule has 1 aliphatic heterocycles. The summed E-state index contributed by atoms with van der Waals surface area (Å²) in [5, 5.41) is 3.08. The van der Waals surface area contributed by atoms with Crippen LogP contribution in [-0.2, 0) is 0 Å². The predicted molar refractivity (Wildman–Crippen MR) is 97.7 cm³/mol. The molecule has 26 heavy (non-hydrogen) atoms. The molecule has 0 bridgehead atoms. The number of carbonyl (C=O) groups is 1. The summed E-state index contributed by atoms with van der Waals surface area (Å²) in [4.78, 5) is 12.6. The van der Waals surface area contributed by atoms with Gasteiger partial charge in [-0.3, -0.25) is 0 Å². The highest BCUT2D eigenvalue weighted by atomic mass is 16.6. The molecule has 2 aromatic carbocycles. The fraction of sp³-hybridized carbons (Fsp3) is 0.381. The van der Waals surface area contributed by atoms with Gasteiger partial charge in [0.1, 0.15) is 11.9 Å². The Kier molecular flexibility index (Phi) is 4.69. The van der Waals surface area contributed by atoms with Crippen molar-refractivity contribution in [3.05, 3.63) is 54.1 Å². The summed E-state index contributed by atoms with van der Waals surface area (Å²) < 4.78 is 17.0. The maximum absolute atomic E-state index is 12.6.